The van der Waals surface area contributed by atoms with E-state index >= 15 is 0 Å². The molecule has 1 unspecified atom stereocenters. The van der Waals surface area contributed by atoms with Crippen LogP contribution in [0, 0.1) is 13.8 Å². The predicted octanol–water partition coefficient (Wildman–Crippen LogP) is 5.72. The molecule has 0 saturated heterocycles. The molecule has 2 aromatic carbocycles. The van der Waals surface area contributed by atoms with Crippen molar-refractivity contribution in [2.24, 2.45) is 4.99 Å². The van der Waals surface area contributed by atoms with Crippen molar-refractivity contribution in [2.75, 3.05) is 6.54 Å². The minimum Gasteiger partial charge on any atom is -0.465 e. The van der Waals surface area contributed by atoms with Crippen LogP contribution in [0.15, 0.2) is 58.9 Å². The number of nitrogens with one attached hydrogen (secondary N) is 2. The second-order valence-electron chi connectivity index (χ2n) is 8.65. The SMILES string of the molecule is CCC(NC(=O)c1cs/c(=N\c2cc(C)cc(C)c2)n1CCCCCNC(=O)O)c1ccccc1. The molecule has 0 bridgehead atoms. The van der Waals surface area contributed by atoms with Gasteiger partial charge in [-0.05, 0) is 68.4 Å². The van der Waals surface area contributed by atoms with Crippen molar-refractivity contribution in [3.8, 4) is 0 Å². The van der Waals surface area contributed by atoms with Gasteiger partial charge in [-0.3, -0.25) is 4.79 Å². The number of hydrogen-bond acceptors (Lipinski definition) is 4. The molecule has 3 aromatic rings. The fourth-order valence-corrected chi connectivity index (χ4v) is 4.98. The minimum absolute atomic E-state index is 0.0704. The second kappa shape index (κ2) is 12.9. The summed E-state index contributed by atoms with van der Waals surface area (Å²) >= 11 is 1.46. The number of rotatable bonds is 11. The molecule has 3 rings (SSSR count). The van der Waals surface area contributed by atoms with Crippen molar-refractivity contribution in [3.05, 3.63) is 81.1 Å². The van der Waals surface area contributed by atoms with Crippen molar-refractivity contribution >= 4 is 29.0 Å². The molecule has 1 atom stereocenters. The largest absolute Gasteiger partial charge is 0.465 e. The fraction of sp³-hybridized carbons (Fsp3) is 0.370. The molecule has 0 aliphatic heterocycles. The summed E-state index contributed by atoms with van der Waals surface area (Å²) in [5.41, 5.74) is 4.83. The number of carbonyl (C=O) groups is 2. The van der Waals surface area contributed by atoms with Gasteiger partial charge in [0, 0.05) is 18.5 Å². The molecule has 0 aliphatic rings. The second-order valence-corrected chi connectivity index (χ2v) is 9.49. The Balaban J connectivity index is 1.84. The molecule has 35 heavy (non-hydrogen) atoms. The van der Waals surface area contributed by atoms with E-state index in [1.807, 2.05) is 66.3 Å². The molecular formula is C27H34N4O3S. The quantitative estimate of drug-likeness (QED) is 0.298. The van der Waals surface area contributed by atoms with Gasteiger partial charge in [0.1, 0.15) is 5.69 Å². The molecule has 0 radical (unpaired) electrons. The third-order valence-corrected chi connectivity index (χ3v) is 6.58. The fourth-order valence-electron chi connectivity index (χ4n) is 4.05. The molecule has 186 valence electrons. The van der Waals surface area contributed by atoms with Crippen LogP contribution in [-0.4, -0.2) is 28.2 Å². The number of aryl methyl sites for hydroxylation is 2. The van der Waals surface area contributed by atoms with Gasteiger partial charge in [-0.15, -0.1) is 11.3 Å². The Hall–Kier alpha value is -3.39. The Kier molecular flexibility index (Phi) is 9.66. The molecule has 0 aliphatic carbocycles. The highest BCUT2D eigenvalue weighted by atomic mass is 32.1. The molecule has 3 N–H and O–H groups in total. The van der Waals surface area contributed by atoms with Gasteiger partial charge in [-0.1, -0.05) is 43.3 Å². The zero-order valence-corrected chi connectivity index (χ0v) is 21.4. The summed E-state index contributed by atoms with van der Waals surface area (Å²) < 4.78 is 1.99. The van der Waals surface area contributed by atoms with E-state index in [2.05, 4.69) is 23.6 Å². The molecule has 2 amide bonds. The Bertz CT molecular complexity index is 1180. The van der Waals surface area contributed by atoms with Crippen molar-refractivity contribution in [2.45, 2.75) is 59.0 Å². The smallest absolute Gasteiger partial charge is 0.404 e. The van der Waals surface area contributed by atoms with Crippen LogP contribution in [0.4, 0.5) is 10.5 Å². The van der Waals surface area contributed by atoms with Gasteiger partial charge in [-0.2, -0.15) is 0 Å². The Morgan fingerprint density at radius 3 is 2.43 bits per heavy atom. The van der Waals surface area contributed by atoms with Crippen LogP contribution in [0.3, 0.4) is 0 Å². The van der Waals surface area contributed by atoms with Gasteiger partial charge < -0.3 is 20.3 Å². The van der Waals surface area contributed by atoms with Crippen molar-refractivity contribution in [1.29, 1.82) is 0 Å². The van der Waals surface area contributed by atoms with Crippen LogP contribution in [-0.2, 0) is 6.54 Å². The molecule has 1 aromatic heterocycles. The average molecular weight is 495 g/mol. The summed E-state index contributed by atoms with van der Waals surface area (Å²) in [6.07, 6.45) is 2.18. The lowest BCUT2D eigenvalue weighted by atomic mass is 10.0. The zero-order chi connectivity index (χ0) is 25.2. The van der Waals surface area contributed by atoms with Crippen molar-refractivity contribution in [3.63, 3.8) is 0 Å². The van der Waals surface area contributed by atoms with E-state index in [0.29, 0.717) is 18.8 Å². The van der Waals surface area contributed by atoms with Gasteiger partial charge in [-0.25, -0.2) is 9.79 Å². The van der Waals surface area contributed by atoms with E-state index in [-0.39, 0.29) is 11.9 Å². The highest BCUT2D eigenvalue weighted by Gasteiger charge is 2.18. The Labute approximate surface area is 210 Å². The number of nitrogens with zero attached hydrogens (tertiary/aromatic N) is 2. The van der Waals surface area contributed by atoms with Gasteiger partial charge >= 0.3 is 6.09 Å². The third-order valence-electron chi connectivity index (χ3n) is 5.71. The lowest BCUT2D eigenvalue weighted by Gasteiger charge is -2.18. The van der Waals surface area contributed by atoms with E-state index < -0.39 is 6.09 Å². The Morgan fingerprint density at radius 1 is 1.06 bits per heavy atom. The van der Waals surface area contributed by atoms with E-state index in [4.69, 9.17) is 10.1 Å². The predicted molar refractivity (Wildman–Crippen MR) is 140 cm³/mol. The third kappa shape index (κ3) is 7.82. The number of carbonyl (C=O) groups excluding carboxylic acids is 1. The highest BCUT2D eigenvalue weighted by molar-refractivity contribution is 7.07. The normalized spacial score (nSPS) is 12.4. The van der Waals surface area contributed by atoms with Gasteiger partial charge in [0.2, 0.25) is 0 Å². The number of hydrogen-bond donors (Lipinski definition) is 3. The number of thiazole rings is 1. The molecule has 7 nitrogen and oxygen atoms in total. The van der Waals surface area contributed by atoms with E-state index in [1.54, 1.807) is 0 Å². The summed E-state index contributed by atoms with van der Waals surface area (Å²) in [5, 5.41) is 16.2. The molecular weight excluding hydrogens is 460 g/mol. The van der Waals surface area contributed by atoms with Gasteiger partial charge in [0.25, 0.3) is 5.91 Å². The van der Waals surface area contributed by atoms with Crippen LogP contribution in [0.5, 0.6) is 0 Å². The summed E-state index contributed by atoms with van der Waals surface area (Å²) in [6.45, 7) is 7.21. The summed E-state index contributed by atoms with van der Waals surface area (Å²) in [6, 6.07) is 16.1. The average Bonchev–Trinajstić information content (AvgIpc) is 3.21. The van der Waals surface area contributed by atoms with E-state index in [0.717, 1.165) is 52.9 Å². The zero-order valence-electron chi connectivity index (χ0n) is 20.6. The maximum atomic E-state index is 13.4. The molecule has 0 saturated carbocycles. The summed E-state index contributed by atoms with van der Waals surface area (Å²) in [7, 11) is 0. The van der Waals surface area contributed by atoms with E-state index in [1.165, 1.54) is 11.3 Å². The molecule has 1 heterocycles. The van der Waals surface area contributed by atoms with Gasteiger partial charge in [0.05, 0.1) is 11.7 Å². The molecule has 0 spiro atoms. The highest BCUT2D eigenvalue weighted by Crippen LogP contribution is 2.19. The number of unbranched alkanes of at least 4 members (excludes halogenated alkanes) is 2. The number of aromatic nitrogens is 1. The number of benzene rings is 2. The summed E-state index contributed by atoms with van der Waals surface area (Å²) in [4.78, 5) is 29.6. The topological polar surface area (TPSA) is 95.7 Å². The lowest BCUT2D eigenvalue weighted by molar-refractivity contribution is 0.0925. The molecule has 8 heteroatoms. The number of amides is 2. The monoisotopic (exact) mass is 494 g/mol. The van der Waals surface area contributed by atoms with Crippen LogP contribution < -0.4 is 15.4 Å². The van der Waals surface area contributed by atoms with Crippen LogP contribution in [0.1, 0.15) is 65.8 Å². The van der Waals surface area contributed by atoms with Crippen LogP contribution >= 0.6 is 11.3 Å². The van der Waals surface area contributed by atoms with Crippen LogP contribution in [0.25, 0.3) is 0 Å². The summed E-state index contributed by atoms with van der Waals surface area (Å²) in [5.74, 6) is -0.119. The Morgan fingerprint density at radius 2 is 1.77 bits per heavy atom. The minimum atomic E-state index is -1.01. The first-order valence-electron chi connectivity index (χ1n) is 12.0. The number of carboxylic acid groups (broad SMARTS) is 1. The standard InChI is InChI=1S/C27H34N4O3S/c1-4-23(21-11-7-5-8-12-21)30-25(32)24-18-35-26(29-22-16-19(2)15-20(3)17-22)31(24)14-10-6-9-13-28-27(33)34/h5,7-8,11-12,15-18,23,28H,4,6,9-10,13-14H2,1-3H3,(H,30,32)(H,33,34)/b29-26-. The van der Waals surface area contributed by atoms with Gasteiger partial charge in [0.15, 0.2) is 4.80 Å². The first-order valence-corrected chi connectivity index (χ1v) is 12.9. The van der Waals surface area contributed by atoms with E-state index in [9.17, 15) is 9.59 Å². The van der Waals surface area contributed by atoms with Crippen molar-refractivity contribution < 1.29 is 14.7 Å². The first-order chi connectivity index (χ1) is 16.9. The lowest BCUT2D eigenvalue weighted by Crippen LogP contribution is -2.32. The maximum absolute atomic E-state index is 13.4. The first kappa shape index (κ1) is 26.2. The molecule has 0 fully saturated rings. The maximum Gasteiger partial charge on any atom is 0.404 e. The van der Waals surface area contributed by atoms with Crippen molar-refractivity contribution in [1.82, 2.24) is 15.2 Å². The van der Waals surface area contributed by atoms with Crippen LogP contribution in [0.2, 0.25) is 0 Å².